The number of anilines is 1. The first-order valence-corrected chi connectivity index (χ1v) is 7.54. The molecule has 0 saturated heterocycles. The molecule has 5 nitrogen and oxygen atoms in total. The van der Waals surface area contributed by atoms with E-state index in [1.807, 2.05) is 0 Å². The van der Waals surface area contributed by atoms with Crippen molar-refractivity contribution in [2.24, 2.45) is 0 Å². The molecule has 6 heteroatoms. The second-order valence-corrected chi connectivity index (χ2v) is 5.54. The van der Waals surface area contributed by atoms with Gasteiger partial charge >= 0.3 is 0 Å². The van der Waals surface area contributed by atoms with Gasteiger partial charge in [0.1, 0.15) is 5.75 Å². The van der Waals surface area contributed by atoms with Crippen LogP contribution in [0.5, 0.6) is 17.2 Å². The zero-order valence-corrected chi connectivity index (χ0v) is 14.6. The van der Waals surface area contributed by atoms with Gasteiger partial charge in [0.05, 0.1) is 24.9 Å². The summed E-state index contributed by atoms with van der Waals surface area (Å²) in [7, 11) is 4.71. The Hall–Kier alpha value is -1.96. The number of halogens is 1. The molecule has 1 N–H and O–H groups in total. The zero-order chi connectivity index (χ0) is 16.1. The largest absolute Gasteiger partial charge is 0.496 e. The summed E-state index contributed by atoms with van der Waals surface area (Å²) in [5.41, 5.74) is 1.19. The van der Waals surface area contributed by atoms with Crippen molar-refractivity contribution in [3.05, 3.63) is 45.5 Å². The average Bonchev–Trinajstić information content (AvgIpc) is 2.54. The number of carbonyl (C=O) groups excluding carboxylic acids is 1. The molecule has 0 atom stereocenters. The monoisotopic (exact) mass is 413 g/mol. The predicted molar refractivity (Wildman–Crippen MR) is 93.2 cm³/mol. The van der Waals surface area contributed by atoms with Gasteiger partial charge in [-0.15, -0.1) is 0 Å². The Labute approximate surface area is 142 Å². The maximum absolute atomic E-state index is 12.3. The first-order valence-electron chi connectivity index (χ1n) is 6.46. The molecule has 0 radical (unpaired) electrons. The Kier molecular flexibility index (Phi) is 5.48. The lowest BCUT2D eigenvalue weighted by atomic mass is 10.2. The standard InChI is InChI=1S/C16H16INO4/c1-20-13-6-4-10(8-12(13)17)16(19)18-11-5-7-14(21-2)15(9-11)22-3/h4-9H,1-3H3,(H,18,19). The van der Waals surface area contributed by atoms with E-state index >= 15 is 0 Å². The molecule has 0 heterocycles. The van der Waals surface area contributed by atoms with Crippen molar-refractivity contribution in [3.8, 4) is 17.2 Å². The van der Waals surface area contributed by atoms with Crippen molar-refractivity contribution in [2.45, 2.75) is 0 Å². The minimum absolute atomic E-state index is 0.201. The number of hydrogen-bond donors (Lipinski definition) is 1. The van der Waals surface area contributed by atoms with Gasteiger partial charge in [0.15, 0.2) is 11.5 Å². The van der Waals surface area contributed by atoms with Crippen LogP contribution >= 0.6 is 22.6 Å². The van der Waals surface area contributed by atoms with Crippen LogP contribution in [0.3, 0.4) is 0 Å². The molecule has 1 amide bonds. The number of benzene rings is 2. The van der Waals surface area contributed by atoms with Gasteiger partial charge in [-0.2, -0.15) is 0 Å². The van der Waals surface area contributed by atoms with Crippen LogP contribution < -0.4 is 19.5 Å². The van der Waals surface area contributed by atoms with Crippen LogP contribution in [-0.4, -0.2) is 27.2 Å². The van der Waals surface area contributed by atoms with Gasteiger partial charge in [-0.25, -0.2) is 0 Å². The van der Waals surface area contributed by atoms with Crippen LogP contribution in [0.2, 0.25) is 0 Å². The SMILES string of the molecule is COc1ccc(C(=O)Nc2ccc(OC)c(OC)c2)cc1I. The van der Waals surface area contributed by atoms with Gasteiger partial charge in [-0.1, -0.05) is 0 Å². The lowest BCUT2D eigenvalue weighted by Gasteiger charge is -2.11. The third-order valence-corrected chi connectivity index (χ3v) is 3.90. The minimum atomic E-state index is -0.201. The molecule has 0 aliphatic rings. The molecule has 0 spiro atoms. The average molecular weight is 413 g/mol. The summed E-state index contributed by atoms with van der Waals surface area (Å²) in [6.07, 6.45) is 0. The summed E-state index contributed by atoms with van der Waals surface area (Å²) >= 11 is 2.13. The van der Waals surface area contributed by atoms with E-state index in [2.05, 4.69) is 27.9 Å². The zero-order valence-electron chi connectivity index (χ0n) is 12.5. The lowest BCUT2D eigenvalue weighted by Crippen LogP contribution is -2.12. The topological polar surface area (TPSA) is 56.8 Å². The van der Waals surface area contributed by atoms with Crippen molar-refractivity contribution < 1.29 is 19.0 Å². The molecule has 22 heavy (non-hydrogen) atoms. The third-order valence-electron chi connectivity index (χ3n) is 3.06. The first kappa shape index (κ1) is 16.4. The number of amides is 1. The molecule has 0 fully saturated rings. The Morgan fingerprint density at radius 3 is 2.14 bits per heavy atom. The molecule has 2 aromatic rings. The van der Waals surface area contributed by atoms with E-state index in [0.717, 1.165) is 9.32 Å². The highest BCUT2D eigenvalue weighted by Gasteiger charge is 2.11. The fourth-order valence-electron chi connectivity index (χ4n) is 1.92. The molecule has 116 valence electrons. The number of carbonyl (C=O) groups is 1. The van der Waals surface area contributed by atoms with E-state index in [1.165, 1.54) is 0 Å². The van der Waals surface area contributed by atoms with Crippen LogP contribution in [0.25, 0.3) is 0 Å². The van der Waals surface area contributed by atoms with Crippen molar-refractivity contribution in [1.29, 1.82) is 0 Å². The van der Waals surface area contributed by atoms with Gasteiger partial charge in [0, 0.05) is 17.3 Å². The second kappa shape index (κ2) is 7.35. The number of rotatable bonds is 5. The highest BCUT2D eigenvalue weighted by atomic mass is 127. The van der Waals surface area contributed by atoms with Crippen LogP contribution in [-0.2, 0) is 0 Å². The van der Waals surface area contributed by atoms with E-state index in [9.17, 15) is 4.79 Å². The van der Waals surface area contributed by atoms with Crippen molar-refractivity contribution in [2.75, 3.05) is 26.6 Å². The maximum Gasteiger partial charge on any atom is 0.255 e. The van der Waals surface area contributed by atoms with Crippen molar-refractivity contribution in [3.63, 3.8) is 0 Å². The molecule has 0 aliphatic heterocycles. The molecule has 0 aromatic heterocycles. The van der Waals surface area contributed by atoms with E-state index < -0.39 is 0 Å². The summed E-state index contributed by atoms with van der Waals surface area (Å²) in [6, 6.07) is 10.5. The Bertz CT molecular complexity index is 688. The first-order chi connectivity index (χ1) is 10.6. The lowest BCUT2D eigenvalue weighted by molar-refractivity contribution is 0.102. The van der Waals surface area contributed by atoms with Crippen LogP contribution in [0.15, 0.2) is 36.4 Å². The number of ether oxygens (including phenoxy) is 3. The van der Waals surface area contributed by atoms with Crippen molar-refractivity contribution >= 4 is 34.2 Å². The van der Waals surface area contributed by atoms with Gasteiger partial charge < -0.3 is 19.5 Å². The van der Waals surface area contributed by atoms with E-state index in [0.29, 0.717) is 22.7 Å². The van der Waals surface area contributed by atoms with E-state index in [1.54, 1.807) is 57.7 Å². The van der Waals surface area contributed by atoms with Gasteiger partial charge in [0.2, 0.25) is 0 Å². The fraction of sp³-hybridized carbons (Fsp3) is 0.188. The number of hydrogen-bond acceptors (Lipinski definition) is 4. The minimum Gasteiger partial charge on any atom is -0.496 e. The molecule has 0 unspecified atom stereocenters. The number of methoxy groups -OCH3 is 3. The van der Waals surface area contributed by atoms with E-state index in [-0.39, 0.29) is 5.91 Å². The van der Waals surface area contributed by atoms with Gasteiger partial charge in [-0.3, -0.25) is 4.79 Å². The summed E-state index contributed by atoms with van der Waals surface area (Å²) < 4.78 is 16.4. The quantitative estimate of drug-likeness (QED) is 0.762. The van der Waals surface area contributed by atoms with Crippen molar-refractivity contribution in [1.82, 2.24) is 0 Å². The highest BCUT2D eigenvalue weighted by molar-refractivity contribution is 14.1. The number of nitrogens with one attached hydrogen (secondary N) is 1. The van der Waals surface area contributed by atoms with Crippen LogP contribution in [0, 0.1) is 3.57 Å². The highest BCUT2D eigenvalue weighted by Crippen LogP contribution is 2.30. The molecule has 2 rings (SSSR count). The Morgan fingerprint density at radius 2 is 1.55 bits per heavy atom. The summed E-state index contributed by atoms with van der Waals surface area (Å²) in [4.78, 5) is 12.3. The second-order valence-electron chi connectivity index (χ2n) is 4.37. The molecule has 0 aliphatic carbocycles. The van der Waals surface area contributed by atoms with Gasteiger partial charge in [0.25, 0.3) is 5.91 Å². The van der Waals surface area contributed by atoms with Crippen LogP contribution in [0.1, 0.15) is 10.4 Å². The summed E-state index contributed by atoms with van der Waals surface area (Å²) in [6.45, 7) is 0. The normalized spacial score (nSPS) is 10.0. The summed E-state index contributed by atoms with van der Waals surface area (Å²) in [5, 5.41) is 2.83. The summed E-state index contributed by atoms with van der Waals surface area (Å²) in [5.74, 6) is 1.71. The fourth-order valence-corrected chi connectivity index (χ4v) is 2.66. The predicted octanol–water partition coefficient (Wildman–Crippen LogP) is 3.57. The van der Waals surface area contributed by atoms with E-state index in [4.69, 9.17) is 14.2 Å². The Morgan fingerprint density at radius 1 is 0.909 bits per heavy atom. The molecule has 0 bridgehead atoms. The molecular formula is C16H16INO4. The maximum atomic E-state index is 12.3. The van der Waals surface area contributed by atoms with Gasteiger partial charge in [-0.05, 0) is 52.9 Å². The molecule has 2 aromatic carbocycles. The molecular weight excluding hydrogens is 397 g/mol. The Balaban J connectivity index is 2.20. The smallest absolute Gasteiger partial charge is 0.255 e. The van der Waals surface area contributed by atoms with Crippen LogP contribution in [0.4, 0.5) is 5.69 Å². The third kappa shape index (κ3) is 3.62. The molecule has 0 saturated carbocycles.